The van der Waals surface area contributed by atoms with Crippen molar-refractivity contribution in [2.45, 2.75) is 181 Å². The number of guanidine groups is 4. The second-order valence-corrected chi connectivity index (χ2v) is 47.9. The average molecular weight is 2180 g/mol. The van der Waals surface area contributed by atoms with E-state index in [4.69, 9.17) is 59.8 Å². The standard InChI is InChI=1S/C91H130N24O15P4S8/c92-77(118)64(16-6-7-25-102-78(119)65-38-56(47-107-79(120)66-40-58(50-135-139-131)35-59(41-66)51-136-140-132)34-57(39-65)48-108-80(121)67-42-60(52-137-141-133)36-61(43-67)53-138-142-134)46-68(116)49-130-33-32-129-31-30-101-76(117)24-23-73-85(126)114-74(44-54-12-2-1-3-13-54)87(128)115-75(45-55-21-22-62-14-4-5-15-63(62)37-55)86(127)112-72(20-11-29-106-91(99)100)83(124)110-70(18-9-27-104-89(95)96)81(122)109-69(17-8-26-103-88(93)94)82(123)111-71(84(125)113-73)19-10-28-105-90(97)98/h1-5,12-15,21-22,34-43,64,69-75H,6-11,16-20,23-33,44-53,131-134H2,(H2,92,118)(H,101,117)(H,102,119)(H,107,120)(H,108,121)(H,109,122)(H,110,124)(H,111,123)(H,112,127)(H,113,125)(H,114,126)(H,115,128)(H4,93,94,103)(H4,95,96,104)(H4,97,98,105)(H4,99,100,106)/t64-,69+,70-,71-,72+,73+,74-,75+/m1/s1. The van der Waals surface area contributed by atoms with Crippen LogP contribution in [0.4, 0.5) is 0 Å². The van der Waals surface area contributed by atoms with Crippen LogP contribution in [0.1, 0.15) is 165 Å². The fourth-order valence-corrected chi connectivity index (χ4v) is 21.3. The predicted molar refractivity (Wildman–Crippen MR) is 586 cm³/mol. The van der Waals surface area contributed by atoms with Gasteiger partial charge in [-0.25, -0.2) is 0 Å². The molecule has 12 atom stereocenters. The van der Waals surface area contributed by atoms with E-state index in [9.17, 15) is 43.2 Å². The van der Waals surface area contributed by atoms with Crippen molar-refractivity contribution in [3.8, 4) is 0 Å². The molecule has 4 unspecified atom stereocenters. The van der Waals surface area contributed by atoms with Gasteiger partial charge in [-0.2, -0.15) is 0 Å². The smallest absolute Gasteiger partial charge is 0.251 e. The summed E-state index contributed by atoms with van der Waals surface area (Å²) in [6.07, 6.45) is -0.809. The molecule has 0 spiro atoms. The molecule has 29 N–H and O–H groups in total. The number of benzene rings is 6. The lowest BCUT2D eigenvalue weighted by Gasteiger charge is -2.28. The second kappa shape index (κ2) is 67.2. The van der Waals surface area contributed by atoms with E-state index < -0.39 is 138 Å². The highest BCUT2D eigenvalue weighted by molar-refractivity contribution is 8.94. The molecule has 0 radical (unpaired) electrons. The Morgan fingerprint density at radius 3 is 1.11 bits per heavy atom. The van der Waals surface area contributed by atoms with Crippen molar-refractivity contribution >= 4 is 230 Å². The Labute approximate surface area is 866 Å². The van der Waals surface area contributed by atoms with Crippen molar-refractivity contribution in [3.05, 3.63) is 189 Å². The van der Waals surface area contributed by atoms with Gasteiger partial charge in [0.25, 0.3) is 17.7 Å². The minimum absolute atomic E-state index is 0.00662. The van der Waals surface area contributed by atoms with Crippen LogP contribution in [-0.2, 0) is 106 Å². The first-order chi connectivity index (χ1) is 68.3. The van der Waals surface area contributed by atoms with Gasteiger partial charge in [0, 0.05) is 124 Å². The summed E-state index contributed by atoms with van der Waals surface area (Å²) >= 11 is 0. The van der Waals surface area contributed by atoms with Gasteiger partial charge in [-0.05, 0) is 162 Å². The molecular weight excluding hydrogens is 2050 g/mol. The lowest BCUT2D eigenvalue weighted by Crippen LogP contribution is -2.60. The summed E-state index contributed by atoms with van der Waals surface area (Å²) in [6, 6.07) is 27.6. The quantitative estimate of drug-likeness (QED) is 0.00662. The molecule has 0 saturated carbocycles. The zero-order valence-corrected chi connectivity index (χ0v) is 89.6. The average Bonchev–Trinajstić information content (AvgIpc) is 0.975. The number of fused-ring (bicyclic) bond motifs is 1. The molecule has 1 saturated heterocycles. The van der Waals surface area contributed by atoms with Crippen LogP contribution < -0.4 is 108 Å². The summed E-state index contributed by atoms with van der Waals surface area (Å²) in [7, 11) is 23.3. The van der Waals surface area contributed by atoms with Gasteiger partial charge in [0.15, 0.2) is 29.6 Å². The number of carbonyl (C=O) groups excluding carboxylic acids is 13. The Kier molecular flexibility index (Phi) is 56.5. The predicted octanol–water partition coefficient (Wildman–Crippen LogP) is 6.22. The van der Waals surface area contributed by atoms with E-state index in [0.29, 0.717) is 69.2 Å². The van der Waals surface area contributed by atoms with Gasteiger partial charge in [0.05, 0.1) is 19.8 Å². The van der Waals surface area contributed by atoms with Gasteiger partial charge in [-0.3, -0.25) is 84.0 Å². The summed E-state index contributed by atoms with van der Waals surface area (Å²) < 4.78 is 11.3. The van der Waals surface area contributed by atoms with Crippen molar-refractivity contribution in [3.63, 3.8) is 0 Å². The molecule has 6 aromatic rings. The molecule has 142 heavy (non-hydrogen) atoms. The Morgan fingerprint density at radius 1 is 0.345 bits per heavy atom. The topological polar surface area (TPSA) is 646 Å². The van der Waals surface area contributed by atoms with Crippen LogP contribution in [0.3, 0.4) is 0 Å². The van der Waals surface area contributed by atoms with E-state index in [1.54, 1.807) is 133 Å². The van der Waals surface area contributed by atoms with Crippen molar-refractivity contribution in [2.75, 3.05) is 65.7 Å². The molecule has 1 heterocycles. The number of amides is 12. The van der Waals surface area contributed by atoms with Crippen LogP contribution in [0.5, 0.6) is 0 Å². The fourth-order valence-electron chi connectivity index (χ4n) is 15.0. The van der Waals surface area contributed by atoms with E-state index in [2.05, 4.69) is 126 Å². The van der Waals surface area contributed by atoms with E-state index in [1.807, 2.05) is 66.7 Å². The summed E-state index contributed by atoms with van der Waals surface area (Å²) in [4.78, 5) is 188. The van der Waals surface area contributed by atoms with Gasteiger partial charge in [-0.1, -0.05) is 216 Å². The van der Waals surface area contributed by atoms with Crippen LogP contribution >= 0.6 is 119 Å². The lowest BCUT2D eigenvalue weighted by atomic mass is 9.95. The van der Waals surface area contributed by atoms with Gasteiger partial charge in [-0.15, -0.1) is 0 Å². The number of hydrogen-bond donors (Lipinski definition) is 24. The minimum Gasteiger partial charge on any atom is -0.377 e. The zero-order valence-electron chi connectivity index (χ0n) is 78.5. The largest absolute Gasteiger partial charge is 0.377 e. The second-order valence-electron chi connectivity index (χ2n) is 33.0. The molecule has 51 heteroatoms. The summed E-state index contributed by atoms with van der Waals surface area (Å²) in [5, 5.41) is 74.4. The van der Waals surface area contributed by atoms with Crippen LogP contribution in [0, 0.1) is 27.6 Å². The number of ketones is 1. The molecule has 1 fully saturated rings. The number of carbonyl (C=O) groups is 13. The first-order valence-electron chi connectivity index (χ1n) is 45.7. The highest BCUT2D eigenvalue weighted by Gasteiger charge is 2.37. The monoisotopic (exact) mass is 2180 g/mol. The van der Waals surface area contributed by atoms with Crippen molar-refractivity contribution < 1.29 is 71.8 Å². The maximum absolute atomic E-state index is 15.3. The highest BCUT2D eigenvalue weighted by atomic mass is 33.3. The van der Waals surface area contributed by atoms with Gasteiger partial charge in [0.1, 0.15) is 48.9 Å². The van der Waals surface area contributed by atoms with Crippen molar-refractivity contribution in [1.82, 2.24) is 79.8 Å². The SMILES string of the molecule is N=C(N)NCCC[C@@H]1NC(=O)[C@H](Cc2ccc3ccccc3c2)NC(=O)[C@@H](Cc2ccccc2)NC(=O)[C@H](CCC(=O)NCCOCCOCC(=O)C[C@@H](CCCCNC(=O)c2cc(CNC(=O)c3cc(CSSP)cc(CSSP)c3)cc(CNC(=O)c3cc(CSSP)cc(CSSP)c3)c2)C(N)=O)NC(=O)[C@@H](CCCNC(=N)N)NC(=O)[C@H](CCCNC(=N)N)NC(=O)[C@@H](CCCNC(=N)N)NC1=O. The number of rotatable bonds is 58. The van der Waals surface area contributed by atoms with Crippen molar-refractivity contribution in [1.29, 1.82) is 21.6 Å². The third kappa shape index (κ3) is 46.6. The molecule has 0 aliphatic carbocycles. The molecule has 0 bridgehead atoms. The number of nitrogens with one attached hydrogen (secondary N) is 19. The maximum Gasteiger partial charge on any atom is 0.251 e. The fraction of sp³-hybridized carbons (Fsp3) is 0.440. The molecule has 7 rings (SSSR count). The Hall–Kier alpha value is -9.59. The molecule has 6 aromatic carbocycles. The number of ether oxygens (including phenoxy) is 2. The molecule has 39 nitrogen and oxygen atoms in total. The van der Waals surface area contributed by atoms with Gasteiger partial charge in [0.2, 0.25) is 53.2 Å². The molecule has 1 aliphatic rings. The van der Waals surface area contributed by atoms with Gasteiger partial charge < -0.3 is 118 Å². The number of Topliss-reactive ketones (excluding diaryl/α,β-unsaturated/α-hetero) is 1. The number of nitrogens with two attached hydrogens (primary N) is 5. The number of primary amides is 1. The Bertz CT molecular complexity index is 5110. The Morgan fingerprint density at radius 2 is 0.697 bits per heavy atom. The van der Waals surface area contributed by atoms with E-state index in [0.717, 1.165) is 33.0 Å². The number of hydrogen-bond acceptors (Lipinski definition) is 27. The molecule has 0 aromatic heterocycles. The van der Waals surface area contributed by atoms with Crippen molar-refractivity contribution in [2.24, 2.45) is 34.6 Å². The lowest BCUT2D eigenvalue weighted by molar-refractivity contribution is -0.135. The summed E-state index contributed by atoms with van der Waals surface area (Å²) in [5.74, 6) is -8.89. The molecule has 1 aliphatic heterocycles. The van der Waals surface area contributed by atoms with Crippen LogP contribution in [0.25, 0.3) is 10.8 Å². The first-order valence-corrected chi connectivity index (χ1v) is 60.8. The van der Waals surface area contributed by atoms with E-state index in [1.165, 1.54) is 0 Å². The highest BCUT2D eigenvalue weighted by Crippen LogP contribution is 2.37. The van der Waals surface area contributed by atoms with Crippen LogP contribution in [0.15, 0.2) is 127 Å². The van der Waals surface area contributed by atoms with Crippen LogP contribution in [-0.4, -0.2) is 208 Å². The molecule has 12 amide bonds. The van der Waals surface area contributed by atoms with E-state index >= 15 is 19.2 Å². The number of unbranched alkanes of at least 4 members (excludes halogenated alkanes) is 1. The van der Waals surface area contributed by atoms with Crippen LogP contribution in [0.2, 0.25) is 0 Å². The molecular formula is C91H130N24O15P4S8. The minimum atomic E-state index is -1.67. The Balaban J connectivity index is 1.02. The summed E-state index contributed by atoms with van der Waals surface area (Å²) in [6.45, 7) is -0.220. The molecule has 772 valence electrons. The van der Waals surface area contributed by atoms with E-state index in [-0.39, 0.29) is 185 Å². The van der Waals surface area contributed by atoms with Gasteiger partial charge >= 0.3 is 0 Å². The first kappa shape index (κ1) is 119. The maximum atomic E-state index is 15.3. The zero-order chi connectivity index (χ0) is 103. The normalized spacial score (nSPS) is 16.8. The third-order valence-corrected chi connectivity index (χ3v) is 32.2. The summed E-state index contributed by atoms with van der Waals surface area (Å²) in [5.41, 5.74) is 35.9. The third-order valence-electron chi connectivity index (χ3n) is 21.9.